The second-order valence-corrected chi connectivity index (χ2v) is 6.29. The molecule has 5 heteroatoms. The molecule has 1 aliphatic heterocycles. The molecule has 0 spiro atoms. The quantitative estimate of drug-likeness (QED) is 0.775. The summed E-state index contributed by atoms with van der Waals surface area (Å²) in [5.41, 5.74) is 1.15. The fourth-order valence-corrected chi connectivity index (χ4v) is 2.07. The van der Waals surface area contributed by atoms with Crippen LogP contribution in [-0.4, -0.2) is 29.9 Å². The highest BCUT2D eigenvalue weighted by Crippen LogP contribution is 2.28. The Labute approximate surface area is 119 Å². The predicted octanol–water partition coefficient (Wildman–Crippen LogP) is 2.13. The number of amides is 1. The van der Waals surface area contributed by atoms with E-state index in [1.54, 1.807) is 6.07 Å². The van der Waals surface area contributed by atoms with Crippen molar-refractivity contribution >= 4 is 11.8 Å². The minimum atomic E-state index is -0.783. The van der Waals surface area contributed by atoms with E-state index in [0.29, 0.717) is 18.8 Å². The van der Waals surface area contributed by atoms with Gasteiger partial charge in [-0.3, -0.25) is 5.32 Å². The van der Waals surface area contributed by atoms with Crippen LogP contribution >= 0.6 is 0 Å². The van der Waals surface area contributed by atoms with Crippen LogP contribution in [0.5, 0.6) is 0 Å². The van der Waals surface area contributed by atoms with Gasteiger partial charge in [0, 0.05) is 18.8 Å². The molecule has 1 saturated heterocycles. The topological polar surface area (TPSA) is 70.6 Å². The molecule has 110 valence electrons. The Morgan fingerprint density at radius 1 is 1.40 bits per heavy atom. The lowest BCUT2D eigenvalue weighted by molar-refractivity contribution is -0.0146. The molecule has 1 heterocycles. The minimum absolute atomic E-state index is 0.475. The lowest BCUT2D eigenvalue weighted by Gasteiger charge is -2.38. The Kier molecular flexibility index (Phi) is 3.75. The molecule has 1 fully saturated rings. The molecular weight excluding hydrogens is 256 g/mol. The van der Waals surface area contributed by atoms with Gasteiger partial charge in [0.25, 0.3) is 0 Å². The summed E-state index contributed by atoms with van der Waals surface area (Å²) in [5, 5.41) is 16.0. The van der Waals surface area contributed by atoms with Crippen LogP contribution in [-0.2, 0) is 10.3 Å². The summed E-state index contributed by atoms with van der Waals surface area (Å²) in [5.74, 6) is 0. The molecule has 0 unspecified atom stereocenters. The van der Waals surface area contributed by atoms with Crippen LogP contribution in [0.2, 0.25) is 0 Å². The van der Waals surface area contributed by atoms with E-state index in [0.717, 1.165) is 11.1 Å². The van der Waals surface area contributed by atoms with E-state index in [9.17, 15) is 9.90 Å². The molecule has 0 aromatic heterocycles. The number of β-amino-alcohol motifs (C(OH)–C–C–N with tert-alkyl or cyclic N) is 1. The maximum atomic E-state index is 11.7. The molecule has 1 amide bonds. The normalized spacial score (nSPS) is 17.2. The van der Waals surface area contributed by atoms with Crippen molar-refractivity contribution < 1.29 is 14.6 Å². The maximum Gasteiger partial charge on any atom is 0.412 e. The SMILES string of the molecule is Cc1cc(C2(O)CNC2)ccc1NC(=O)OC(C)(C)C. The van der Waals surface area contributed by atoms with Crippen molar-refractivity contribution in [1.29, 1.82) is 0 Å². The van der Waals surface area contributed by atoms with Gasteiger partial charge in [-0.15, -0.1) is 0 Å². The van der Waals surface area contributed by atoms with Gasteiger partial charge in [0.05, 0.1) is 0 Å². The predicted molar refractivity (Wildman–Crippen MR) is 77.8 cm³/mol. The molecule has 20 heavy (non-hydrogen) atoms. The molecule has 0 aliphatic carbocycles. The van der Waals surface area contributed by atoms with Crippen LogP contribution in [0.1, 0.15) is 31.9 Å². The molecule has 0 bridgehead atoms. The van der Waals surface area contributed by atoms with Crippen molar-refractivity contribution in [2.24, 2.45) is 0 Å². The van der Waals surface area contributed by atoms with Crippen LogP contribution in [0.4, 0.5) is 10.5 Å². The molecule has 0 atom stereocenters. The monoisotopic (exact) mass is 278 g/mol. The van der Waals surface area contributed by atoms with Crippen LogP contribution < -0.4 is 10.6 Å². The van der Waals surface area contributed by atoms with E-state index in [1.807, 2.05) is 39.8 Å². The Morgan fingerprint density at radius 2 is 2.05 bits per heavy atom. The molecule has 0 radical (unpaired) electrons. The summed E-state index contributed by atoms with van der Waals surface area (Å²) >= 11 is 0. The van der Waals surface area contributed by atoms with Crippen LogP contribution in [0.15, 0.2) is 18.2 Å². The number of benzene rings is 1. The Bertz CT molecular complexity index is 516. The van der Waals surface area contributed by atoms with Gasteiger partial charge in [0.2, 0.25) is 0 Å². The van der Waals surface area contributed by atoms with E-state index in [2.05, 4.69) is 10.6 Å². The highest BCUT2D eigenvalue weighted by Gasteiger charge is 2.36. The summed E-state index contributed by atoms with van der Waals surface area (Å²) in [6, 6.07) is 5.53. The number of rotatable bonds is 2. The summed E-state index contributed by atoms with van der Waals surface area (Å²) in [4.78, 5) is 11.7. The maximum absolute atomic E-state index is 11.7. The number of aryl methyl sites for hydroxylation is 1. The zero-order valence-corrected chi connectivity index (χ0v) is 12.4. The fraction of sp³-hybridized carbons (Fsp3) is 0.533. The third-order valence-electron chi connectivity index (χ3n) is 3.23. The number of anilines is 1. The average molecular weight is 278 g/mol. The fourth-order valence-electron chi connectivity index (χ4n) is 2.07. The average Bonchev–Trinajstić information content (AvgIpc) is 2.26. The van der Waals surface area contributed by atoms with E-state index < -0.39 is 17.3 Å². The first-order chi connectivity index (χ1) is 9.20. The molecule has 1 aromatic rings. The lowest BCUT2D eigenvalue weighted by Crippen LogP contribution is -2.56. The second-order valence-electron chi connectivity index (χ2n) is 6.29. The summed E-state index contributed by atoms with van der Waals surface area (Å²) in [6.07, 6.45) is -0.475. The second kappa shape index (κ2) is 5.07. The van der Waals surface area contributed by atoms with Crippen molar-refractivity contribution in [2.45, 2.75) is 38.9 Å². The number of aliphatic hydroxyl groups is 1. The standard InChI is InChI=1S/C15H22N2O3/c1-10-7-11(15(19)8-16-9-15)5-6-12(10)17-13(18)20-14(2,3)4/h5-7,16,19H,8-9H2,1-4H3,(H,17,18). The molecule has 2 rings (SSSR count). The molecule has 0 saturated carbocycles. The van der Waals surface area contributed by atoms with Crippen LogP contribution in [0.25, 0.3) is 0 Å². The van der Waals surface area contributed by atoms with E-state index >= 15 is 0 Å². The van der Waals surface area contributed by atoms with Crippen molar-refractivity contribution in [3.8, 4) is 0 Å². The van der Waals surface area contributed by atoms with Crippen molar-refractivity contribution in [2.75, 3.05) is 18.4 Å². The zero-order valence-electron chi connectivity index (χ0n) is 12.4. The van der Waals surface area contributed by atoms with Gasteiger partial charge in [-0.25, -0.2) is 4.79 Å². The zero-order chi connectivity index (χ0) is 15.0. The van der Waals surface area contributed by atoms with Gasteiger partial charge >= 0.3 is 6.09 Å². The van der Waals surface area contributed by atoms with Gasteiger partial charge in [0.1, 0.15) is 11.2 Å². The number of nitrogens with one attached hydrogen (secondary N) is 2. The Hall–Kier alpha value is -1.59. The largest absolute Gasteiger partial charge is 0.444 e. The molecule has 1 aromatic carbocycles. The third kappa shape index (κ3) is 3.29. The summed E-state index contributed by atoms with van der Waals surface area (Å²) < 4.78 is 5.22. The van der Waals surface area contributed by atoms with Crippen LogP contribution in [0.3, 0.4) is 0 Å². The lowest BCUT2D eigenvalue weighted by atomic mass is 9.87. The number of carbonyl (C=O) groups is 1. The first kappa shape index (κ1) is 14.8. The van der Waals surface area contributed by atoms with E-state index in [4.69, 9.17) is 4.74 Å². The van der Waals surface area contributed by atoms with Gasteiger partial charge in [-0.1, -0.05) is 12.1 Å². The molecule has 3 N–H and O–H groups in total. The van der Waals surface area contributed by atoms with Crippen molar-refractivity contribution in [3.63, 3.8) is 0 Å². The number of hydrogen-bond acceptors (Lipinski definition) is 4. The molecule has 1 aliphatic rings. The van der Waals surface area contributed by atoms with Gasteiger partial charge < -0.3 is 15.2 Å². The first-order valence-corrected chi connectivity index (χ1v) is 6.74. The van der Waals surface area contributed by atoms with Gasteiger partial charge in [0.15, 0.2) is 0 Å². The molecular formula is C15H22N2O3. The van der Waals surface area contributed by atoms with E-state index in [-0.39, 0.29) is 0 Å². The first-order valence-electron chi connectivity index (χ1n) is 6.74. The molecule has 5 nitrogen and oxygen atoms in total. The highest BCUT2D eigenvalue weighted by atomic mass is 16.6. The van der Waals surface area contributed by atoms with E-state index in [1.165, 1.54) is 0 Å². The number of hydrogen-bond donors (Lipinski definition) is 3. The summed E-state index contributed by atoms with van der Waals surface area (Å²) in [7, 11) is 0. The minimum Gasteiger partial charge on any atom is -0.444 e. The Morgan fingerprint density at radius 3 is 2.50 bits per heavy atom. The smallest absolute Gasteiger partial charge is 0.412 e. The third-order valence-corrected chi connectivity index (χ3v) is 3.23. The number of carbonyl (C=O) groups excluding carboxylic acids is 1. The number of ether oxygens (including phenoxy) is 1. The van der Waals surface area contributed by atoms with Crippen molar-refractivity contribution in [1.82, 2.24) is 5.32 Å². The summed E-state index contributed by atoms with van der Waals surface area (Å²) in [6.45, 7) is 8.48. The van der Waals surface area contributed by atoms with Crippen molar-refractivity contribution in [3.05, 3.63) is 29.3 Å². The Balaban J connectivity index is 2.08. The van der Waals surface area contributed by atoms with Gasteiger partial charge in [-0.2, -0.15) is 0 Å². The highest BCUT2D eigenvalue weighted by molar-refractivity contribution is 5.86. The van der Waals surface area contributed by atoms with Crippen LogP contribution in [0, 0.1) is 6.92 Å². The van der Waals surface area contributed by atoms with Gasteiger partial charge in [-0.05, 0) is 44.9 Å².